The van der Waals surface area contributed by atoms with E-state index in [1.807, 2.05) is 37.3 Å². The number of nitrogens with zero attached hydrogens (tertiary/aromatic N) is 2. The molecule has 3 aromatic rings. The number of carboxylic acid groups (broad SMARTS) is 1. The third kappa shape index (κ3) is 2.14. The molecular weight excluding hydrogens is 284 g/mol. The Balaban J connectivity index is 2.40. The highest BCUT2D eigenvalue weighted by Gasteiger charge is 2.24. The minimum absolute atomic E-state index is 0.294. The average molecular weight is 300 g/mol. The summed E-state index contributed by atoms with van der Waals surface area (Å²) in [7, 11) is 0. The summed E-state index contributed by atoms with van der Waals surface area (Å²) >= 11 is 1.58. The Bertz CT molecular complexity index is 803. The van der Waals surface area contributed by atoms with Gasteiger partial charge >= 0.3 is 5.97 Å². The predicted octanol–water partition coefficient (Wildman–Crippen LogP) is 3.89. The first kappa shape index (κ1) is 13.8. The van der Waals surface area contributed by atoms with Gasteiger partial charge < -0.3 is 5.11 Å². The van der Waals surface area contributed by atoms with E-state index in [2.05, 4.69) is 11.9 Å². The Labute approximate surface area is 126 Å². The number of rotatable bonds is 4. The van der Waals surface area contributed by atoms with Gasteiger partial charge in [0.05, 0.1) is 11.4 Å². The summed E-state index contributed by atoms with van der Waals surface area (Å²) in [6.45, 7) is 4.01. The highest BCUT2D eigenvalue weighted by Crippen LogP contribution is 2.34. The molecule has 0 atom stereocenters. The molecule has 0 amide bonds. The summed E-state index contributed by atoms with van der Waals surface area (Å²) < 4.78 is 1.81. The summed E-state index contributed by atoms with van der Waals surface area (Å²) in [6.07, 6.45) is 1.48. The van der Waals surface area contributed by atoms with Crippen LogP contribution >= 0.6 is 11.3 Å². The molecule has 1 aromatic carbocycles. The minimum Gasteiger partial charge on any atom is -0.477 e. The molecule has 5 heteroatoms. The number of aryl methyl sites for hydroxylation is 2. The van der Waals surface area contributed by atoms with Gasteiger partial charge in [0.1, 0.15) is 0 Å². The van der Waals surface area contributed by atoms with E-state index < -0.39 is 5.97 Å². The lowest BCUT2D eigenvalue weighted by molar-refractivity contribution is 0.0688. The average Bonchev–Trinajstić information content (AvgIpc) is 3.02. The van der Waals surface area contributed by atoms with Crippen molar-refractivity contribution in [3.05, 3.63) is 46.6 Å². The molecule has 0 fully saturated rings. The monoisotopic (exact) mass is 300 g/mol. The number of hydrogen-bond acceptors (Lipinski definition) is 3. The number of carboxylic acids is 1. The lowest BCUT2D eigenvalue weighted by atomic mass is 10.1. The molecule has 2 aromatic heterocycles. The summed E-state index contributed by atoms with van der Waals surface area (Å²) in [5.41, 5.74) is 2.93. The second-order valence-electron chi connectivity index (χ2n) is 4.78. The Morgan fingerprint density at radius 3 is 2.52 bits per heavy atom. The van der Waals surface area contributed by atoms with Crippen LogP contribution in [-0.4, -0.2) is 20.5 Å². The van der Waals surface area contributed by atoms with Gasteiger partial charge in [0.2, 0.25) is 0 Å². The van der Waals surface area contributed by atoms with Gasteiger partial charge in [0, 0.05) is 4.88 Å². The molecule has 0 aliphatic heterocycles. The SMILES string of the molecule is CCc1nc2sc(CC)c(-c3ccccc3)n2c1C(=O)O. The van der Waals surface area contributed by atoms with Gasteiger partial charge in [-0.05, 0) is 18.4 Å². The maximum absolute atomic E-state index is 11.7. The standard InChI is InChI=1S/C16H16N2O2S/c1-3-11-14(15(19)20)18-13(10-8-6-5-7-9-10)12(4-2)21-16(18)17-11/h5-9H,3-4H2,1-2H3,(H,19,20). The smallest absolute Gasteiger partial charge is 0.354 e. The van der Waals surface area contributed by atoms with E-state index in [0.29, 0.717) is 17.8 Å². The fourth-order valence-corrected chi connectivity index (χ4v) is 3.69. The van der Waals surface area contributed by atoms with Crippen molar-refractivity contribution in [2.24, 2.45) is 0 Å². The van der Waals surface area contributed by atoms with Crippen LogP contribution in [0.5, 0.6) is 0 Å². The predicted molar refractivity (Wildman–Crippen MR) is 84.2 cm³/mol. The van der Waals surface area contributed by atoms with Crippen LogP contribution in [0.1, 0.15) is 34.9 Å². The molecule has 0 aliphatic rings. The zero-order chi connectivity index (χ0) is 15.0. The summed E-state index contributed by atoms with van der Waals surface area (Å²) in [5.74, 6) is -0.919. The third-order valence-corrected chi connectivity index (χ3v) is 4.71. The maximum Gasteiger partial charge on any atom is 0.354 e. The largest absolute Gasteiger partial charge is 0.477 e. The van der Waals surface area contributed by atoms with Crippen molar-refractivity contribution in [1.29, 1.82) is 0 Å². The van der Waals surface area contributed by atoms with E-state index in [4.69, 9.17) is 0 Å². The van der Waals surface area contributed by atoms with E-state index in [9.17, 15) is 9.90 Å². The normalized spacial score (nSPS) is 11.1. The highest BCUT2D eigenvalue weighted by atomic mass is 32.1. The molecule has 0 unspecified atom stereocenters. The molecule has 0 bridgehead atoms. The molecular formula is C16H16N2O2S. The number of aromatic carboxylic acids is 1. The number of benzene rings is 1. The van der Waals surface area contributed by atoms with E-state index in [1.165, 1.54) is 0 Å². The fourth-order valence-electron chi connectivity index (χ4n) is 2.59. The number of hydrogen-bond donors (Lipinski definition) is 1. The van der Waals surface area contributed by atoms with Gasteiger partial charge in [-0.2, -0.15) is 0 Å². The van der Waals surface area contributed by atoms with Gasteiger partial charge in [-0.1, -0.05) is 44.2 Å². The van der Waals surface area contributed by atoms with Crippen molar-refractivity contribution >= 4 is 22.3 Å². The zero-order valence-electron chi connectivity index (χ0n) is 12.0. The van der Waals surface area contributed by atoms with Crippen LogP contribution < -0.4 is 0 Å². The lowest BCUT2D eigenvalue weighted by Crippen LogP contribution is -2.06. The topological polar surface area (TPSA) is 54.6 Å². The number of fused-ring (bicyclic) bond motifs is 1. The summed E-state index contributed by atoms with van der Waals surface area (Å²) in [4.78, 5) is 18.1. The van der Waals surface area contributed by atoms with Crippen LogP contribution in [0.2, 0.25) is 0 Å². The van der Waals surface area contributed by atoms with Crippen molar-refractivity contribution in [2.45, 2.75) is 26.7 Å². The molecule has 0 saturated carbocycles. The number of aromatic nitrogens is 2. The zero-order valence-corrected chi connectivity index (χ0v) is 12.8. The van der Waals surface area contributed by atoms with Crippen LogP contribution in [0.15, 0.2) is 30.3 Å². The van der Waals surface area contributed by atoms with Crippen molar-refractivity contribution < 1.29 is 9.90 Å². The van der Waals surface area contributed by atoms with Gasteiger partial charge in [-0.3, -0.25) is 4.40 Å². The van der Waals surface area contributed by atoms with Gasteiger partial charge in [0.25, 0.3) is 0 Å². The van der Waals surface area contributed by atoms with Crippen LogP contribution in [-0.2, 0) is 12.8 Å². The Hall–Kier alpha value is -2.14. The van der Waals surface area contributed by atoms with Crippen molar-refractivity contribution in [1.82, 2.24) is 9.38 Å². The first-order valence-electron chi connectivity index (χ1n) is 6.99. The minimum atomic E-state index is -0.919. The molecule has 3 rings (SSSR count). The molecule has 108 valence electrons. The van der Waals surface area contributed by atoms with E-state index >= 15 is 0 Å². The van der Waals surface area contributed by atoms with Gasteiger partial charge in [0.15, 0.2) is 10.7 Å². The van der Waals surface area contributed by atoms with Crippen molar-refractivity contribution in [2.75, 3.05) is 0 Å². The van der Waals surface area contributed by atoms with Crippen LogP contribution in [0.25, 0.3) is 16.2 Å². The molecule has 0 aliphatic carbocycles. The summed E-state index contributed by atoms with van der Waals surface area (Å²) in [5, 5.41) is 9.58. The molecule has 0 spiro atoms. The Morgan fingerprint density at radius 2 is 1.95 bits per heavy atom. The van der Waals surface area contributed by atoms with Crippen molar-refractivity contribution in [3.63, 3.8) is 0 Å². The van der Waals surface area contributed by atoms with E-state index in [1.54, 1.807) is 15.7 Å². The number of imidazole rings is 1. The van der Waals surface area contributed by atoms with Crippen LogP contribution in [0.3, 0.4) is 0 Å². The quantitative estimate of drug-likeness (QED) is 0.795. The van der Waals surface area contributed by atoms with Crippen LogP contribution in [0, 0.1) is 0 Å². The summed E-state index contributed by atoms with van der Waals surface area (Å²) in [6, 6.07) is 9.92. The first-order valence-corrected chi connectivity index (χ1v) is 7.80. The molecule has 1 N–H and O–H groups in total. The lowest BCUT2D eigenvalue weighted by Gasteiger charge is -2.05. The highest BCUT2D eigenvalue weighted by molar-refractivity contribution is 7.17. The van der Waals surface area contributed by atoms with Crippen LogP contribution in [0.4, 0.5) is 0 Å². The number of carbonyl (C=O) groups is 1. The molecule has 2 heterocycles. The number of thiazole rings is 1. The third-order valence-electron chi connectivity index (χ3n) is 3.53. The molecule has 0 saturated heterocycles. The Kier molecular flexibility index (Phi) is 3.51. The van der Waals surface area contributed by atoms with E-state index in [0.717, 1.165) is 27.5 Å². The molecule has 21 heavy (non-hydrogen) atoms. The van der Waals surface area contributed by atoms with Gasteiger partial charge in [-0.25, -0.2) is 9.78 Å². The van der Waals surface area contributed by atoms with E-state index in [-0.39, 0.29) is 0 Å². The fraction of sp³-hybridized carbons (Fsp3) is 0.250. The second kappa shape index (κ2) is 5.33. The first-order chi connectivity index (χ1) is 10.2. The molecule has 4 nitrogen and oxygen atoms in total. The maximum atomic E-state index is 11.7. The van der Waals surface area contributed by atoms with Crippen molar-refractivity contribution in [3.8, 4) is 11.3 Å². The Morgan fingerprint density at radius 1 is 1.24 bits per heavy atom. The van der Waals surface area contributed by atoms with Gasteiger partial charge in [-0.15, -0.1) is 11.3 Å². The molecule has 0 radical (unpaired) electrons. The second-order valence-corrected chi connectivity index (χ2v) is 5.84.